The van der Waals surface area contributed by atoms with E-state index in [9.17, 15) is 0 Å². The van der Waals surface area contributed by atoms with Crippen molar-refractivity contribution < 1.29 is 9.84 Å². The van der Waals surface area contributed by atoms with Crippen molar-refractivity contribution in [2.24, 2.45) is 0 Å². The van der Waals surface area contributed by atoms with Crippen LogP contribution in [0, 0.1) is 0 Å². The minimum atomic E-state index is 0.0992. The molecule has 0 unspecified atom stereocenters. The summed E-state index contributed by atoms with van der Waals surface area (Å²) < 4.78 is 5.23. The lowest BCUT2D eigenvalue weighted by Crippen LogP contribution is -1.90. The highest BCUT2D eigenvalue weighted by Gasteiger charge is 2.06. The van der Waals surface area contributed by atoms with Gasteiger partial charge in [0.1, 0.15) is 0 Å². The van der Waals surface area contributed by atoms with Crippen molar-refractivity contribution in [3.8, 4) is 0 Å². The van der Waals surface area contributed by atoms with E-state index in [2.05, 4.69) is 6.08 Å². The second kappa shape index (κ2) is 3.73. The zero-order valence-corrected chi connectivity index (χ0v) is 7.36. The minimum Gasteiger partial charge on any atom is -0.392 e. The smallest absolute Gasteiger partial charge is 0.0724 e. The average molecular weight is 176 g/mol. The average Bonchev–Trinajstić information content (AvgIpc) is 2.71. The molecular formula is C11H12O2. The van der Waals surface area contributed by atoms with Crippen LogP contribution in [0.2, 0.25) is 0 Å². The standard InChI is InChI=1S/C11H12O2/c12-7-9-2-1-3-10(6-9)11-4-5-13-8-11/h1-4,6,12H,5,7-8H2. The van der Waals surface area contributed by atoms with Gasteiger partial charge in [-0.2, -0.15) is 0 Å². The van der Waals surface area contributed by atoms with Crippen LogP contribution in [0.1, 0.15) is 11.1 Å². The molecule has 0 spiro atoms. The number of benzene rings is 1. The van der Waals surface area contributed by atoms with Crippen LogP contribution in [-0.2, 0) is 11.3 Å². The topological polar surface area (TPSA) is 29.5 Å². The second-order valence-corrected chi connectivity index (χ2v) is 3.10. The Morgan fingerprint density at radius 1 is 1.38 bits per heavy atom. The Labute approximate surface area is 77.5 Å². The van der Waals surface area contributed by atoms with Crippen LogP contribution in [0.25, 0.3) is 5.57 Å². The number of hydrogen-bond donors (Lipinski definition) is 1. The zero-order chi connectivity index (χ0) is 9.10. The van der Waals surface area contributed by atoms with Gasteiger partial charge in [-0.25, -0.2) is 0 Å². The molecule has 2 rings (SSSR count). The van der Waals surface area contributed by atoms with Crippen LogP contribution in [0.5, 0.6) is 0 Å². The largest absolute Gasteiger partial charge is 0.392 e. The van der Waals surface area contributed by atoms with Gasteiger partial charge in [-0.3, -0.25) is 0 Å². The normalized spacial score (nSPS) is 15.9. The first-order chi connectivity index (χ1) is 6.40. The molecule has 1 aliphatic heterocycles. The minimum absolute atomic E-state index is 0.0992. The maximum atomic E-state index is 8.95. The van der Waals surface area contributed by atoms with Gasteiger partial charge in [-0.1, -0.05) is 24.3 Å². The molecule has 2 heteroatoms. The highest BCUT2D eigenvalue weighted by atomic mass is 16.5. The Kier molecular flexibility index (Phi) is 2.43. The molecule has 1 aromatic rings. The van der Waals surface area contributed by atoms with Crippen molar-refractivity contribution in [1.29, 1.82) is 0 Å². The number of aliphatic hydroxyl groups excluding tert-OH is 1. The molecule has 13 heavy (non-hydrogen) atoms. The first-order valence-electron chi connectivity index (χ1n) is 4.37. The molecule has 2 nitrogen and oxygen atoms in total. The maximum Gasteiger partial charge on any atom is 0.0724 e. The quantitative estimate of drug-likeness (QED) is 0.741. The first kappa shape index (κ1) is 8.48. The molecule has 0 saturated carbocycles. The van der Waals surface area contributed by atoms with Gasteiger partial charge < -0.3 is 9.84 Å². The molecule has 1 N–H and O–H groups in total. The number of hydrogen-bond acceptors (Lipinski definition) is 2. The Balaban J connectivity index is 2.29. The van der Waals surface area contributed by atoms with E-state index in [4.69, 9.17) is 9.84 Å². The fourth-order valence-electron chi connectivity index (χ4n) is 1.46. The molecule has 0 fully saturated rings. The van der Waals surface area contributed by atoms with Crippen molar-refractivity contribution in [2.45, 2.75) is 6.61 Å². The Bertz CT molecular complexity index is 329. The zero-order valence-electron chi connectivity index (χ0n) is 7.36. The van der Waals surface area contributed by atoms with Gasteiger partial charge in [0.25, 0.3) is 0 Å². The second-order valence-electron chi connectivity index (χ2n) is 3.10. The van der Waals surface area contributed by atoms with Gasteiger partial charge >= 0.3 is 0 Å². The summed E-state index contributed by atoms with van der Waals surface area (Å²) in [4.78, 5) is 0. The fourth-order valence-corrected chi connectivity index (χ4v) is 1.46. The summed E-state index contributed by atoms with van der Waals surface area (Å²) in [6.07, 6.45) is 2.08. The molecule has 0 bridgehead atoms. The van der Waals surface area contributed by atoms with Crippen LogP contribution in [0.15, 0.2) is 30.3 Å². The van der Waals surface area contributed by atoms with E-state index in [0.29, 0.717) is 13.2 Å². The molecule has 1 heterocycles. The lowest BCUT2D eigenvalue weighted by Gasteiger charge is -2.03. The maximum absolute atomic E-state index is 8.95. The highest BCUT2D eigenvalue weighted by molar-refractivity contribution is 5.68. The Hall–Kier alpha value is -1.12. The summed E-state index contributed by atoms with van der Waals surface area (Å²) in [6.45, 7) is 1.50. The summed E-state index contributed by atoms with van der Waals surface area (Å²) in [5.41, 5.74) is 3.32. The van der Waals surface area contributed by atoms with Gasteiger partial charge in [0.05, 0.1) is 19.8 Å². The van der Waals surface area contributed by atoms with Crippen molar-refractivity contribution in [2.75, 3.05) is 13.2 Å². The van der Waals surface area contributed by atoms with Crippen molar-refractivity contribution in [1.82, 2.24) is 0 Å². The summed E-state index contributed by atoms with van der Waals surface area (Å²) >= 11 is 0. The first-order valence-corrected chi connectivity index (χ1v) is 4.37. The monoisotopic (exact) mass is 176 g/mol. The van der Waals surface area contributed by atoms with E-state index in [0.717, 1.165) is 11.1 Å². The van der Waals surface area contributed by atoms with Crippen LogP contribution in [0.4, 0.5) is 0 Å². The van der Waals surface area contributed by atoms with E-state index in [-0.39, 0.29) is 6.61 Å². The van der Waals surface area contributed by atoms with Crippen molar-refractivity contribution in [3.05, 3.63) is 41.5 Å². The molecule has 0 aliphatic carbocycles. The van der Waals surface area contributed by atoms with Crippen LogP contribution in [0.3, 0.4) is 0 Å². The number of ether oxygens (including phenoxy) is 1. The van der Waals surface area contributed by atoms with Gasteiger partial charge in [-0.15, -0.1) is 0 Å². The summed E-state index contributed by atoms with van der Waals surface area (Å²) in [7, 11) is 0. The Morgan fingerprint density at radius 2 is 2.31 bits per heavy atom. The van der Waals surface area contributed by atoms with Crippen LogP contribution >= 0.6 is 0 Å². The molecule has 0 radical (unpaired) electrons. The summed E-state index contributed by atoms with van der Waals surface area (Å²) in [5, 5.41) is 8.95. The Morgan fingerprint density at radius 3 is 3.00 bits per heavy atom. The van der Waals surface area contributed by atoms with E-state index in [1.807, 2.05) is 24.3 Å². The van der Waals surface area contributed by atoms with E-state index in [1.165, 1.54) is 5.57 Å². The molecular weight excluding hydrogens is 164 g/mol. The SMILES string of the molecule is OCc1cccc(C2=CCOC2)c1. The molecule has 1 aliphatic rings. The molecule has 0 saturated heterocycles. The summed E-state index contributed by atoms with van der Waals surface area (Å²) in [5.74, 6) is 0. The molecule has 0 atom stereocenters. The van der Waals surface area contributed by atoms with Gasteiger partial charge in [0, 0.05) is 0 Å². The lowest BCUT2D eigenvalue weighted by molar-refractivity contribution is 0.216. The number of aliphatic hydroxyl groups is 1. The van der Waals surface area contributed by atoms with E-state index in [1.54, 1.807) is 0 Å². The van der Waals surface area contributed by atoms with Crippen LogP contribution in [-0.4, -0.2) is 18.3 Å². The molecule has 1 aromatic carbocycles. The molecule has 68 valence electrons. The third kappa shape index (κ3) is 1.79. The predicted octanol–water partition coefficient (Wildman–Crippen LogP) is 1.59. The van der Waals surface area contributed by atoms with Crippen molar-refractivity contribution >= 4 is 5.57 Å². The third-order valence-electron chi connectivity index (χ3n) is 2.19. The lowest BCUT2D eigenvalue weighted by atomic mass is 10.0. The van der Waals surface area contributed by atoms with Gasteiger partial charge in [0.15, 0.2) is 0 Å². The predicted molar refractivity (Wildman–Crippen MR) is 51.2 cm³/mol. The van der Waals surface area contributed by atoms with Gasteiger partial charge in [-0.05, 0) is 22.8 Å². The van der Waals surface area contributed by atoms with E-state index < -0.39 is 0 Å². The highest BCUT2D eigenvalue weighted by Crippen LogP contribution is 2.19. The molecule has 0 amide bonds. The molecule has 0 aromatic heterocycles. The fraction of sp³-hybridized carbons (Fsp3) is 0.273. The van der Waals surface area contributed by atoms with Crippen LogP contribution < -0.4 is 0 Å². The van der Waals surface area contributed by atoms with Crippen molar-refractivity contribution in [3.63, 3.8) is 0 Å². The summed E-state index contributed by atoms with van der Waals surface area (Å²) in [6, 6.07) is 7.92. The van der Waals surface area contributed by atoms with Gasteiger partial charge in [0.2, 0.25) is 0 Å². The van der Waals surface area contributed by atoms with E-state index >= 15 is 0 Å². The third-order valence-corrected chi connectivity index (χ3v) is 2.19. The number of rotatable bonds is 2.